The number of aryl methyl sites for hydroxylation is 1. The molecular weight excluding hydrogens is 217 g/mol. The van der Waals surface area contributed by atoms with Crippen LogP contribution in [-0.2, 0) is 0 Å². The van der Waals surface area contributed by atoms with Gasteiger partial charge in [-0.3, -0.25) is 0 Å². The zero-order chi connectivity index (χ0) is 11.6. The van der Waals surface area contributed by atoms with Crippen molar-refractivity contribution in [2.45, 2.75) is 26.3 Å². The van der Waals surface area contributed by atoms with Gasteiger partial charge in [0.15, 0.2) is 0 Å². The number of aliphatic hydroxyl groups is 1. The zero-order valence-electron chi connectivity index (χ0n) is 8.85. The second kappa shape index (κ2) is 4.92. The van der Waals surface area contributed by atoms with E-state index in [4.69, 9.17) is 22.4 Å². The molecule has 0 radical (unpaired) electrons. The Kier molecular flexibility index (Phi) is 4.08. The van der Waals surface area contributed by atoms with Crippen LogP contribution >= 0.6 is 11.6 Å². The summed E-state index contributed by atoms with van der Waals surface area (Å²) in [4.78, 5) is 0. The Balaban J connectivity index is 3.26. The van der Waals surface area contributed by atoms with E-state index in [2.05, 4.69) is 0 Å². The number of aliphatic hydroxyl groups excluding tert-OH is 1. The van der Waals surface area contributed by atoms with Crippen LogP contribution in [0.4, 0.5) is 4.39 Å². The first-order valence-electron chi connectivity index (χ1n) is 4.80. The van der Waals surface area contributed by atoms with Gasteiger partial charge in [-0.25, -0.2) is 4.39 Å². The lowest BCUT2D eigenvalue weighted by Gasteiger charge is -2.17. The summed E-state index contributed by atoms with van der Waals surface area (Å²) < 4.78 is 13.4. The first kappa shape index (κ1) is 12.4. The molecule has 0 saturated carbocycles. The molecule has 1 unspecified atom stereocenters. The van der Waals surface area contributed by atoms with E-state index in [9.17, 15) is 4.39 Å². The number of halogens is 2. The molecule has 1 aromatic carbocycles. The van der Waals surface area contributed by atoms with Gasteiger partial charge in [-0.1, -0.05) is 11.6 Å². The van der Waals surface area contributed by atoms with E-state index < -0.39 is 11.9 Å². The topological polar surface area (TPSA) is 46.2 Å². The van der Waals surface area contributed by atoms with Crippen molar-refractivity contribution in [2.24, 2.45) is 5.73 Å². The Bertz CT molecular complexity index is 342. The average Bonchev–Trinajstić information content (AvgIpc) is 2.16. The van der Waals surface area contributed by atoms with Crippen molar-refractivity contribution >= 4 is 11.6 Å². The molecule has 1 atom stereocenters. The maximum Gasteiger partial charge on any atom is 0.142 e. The molecule has 1 aromatic rings. The van der Waals surface area contributed by atoms with Crippen LogP contribution in [0.2, 0.25) is 5.02 Å². The number of nitrogens with two attached hydrogens (primary N) is 1. The van der Waals surface area contributed by atoms with Gasteiger partial charge in [0.2, 0.25) is 0 Å². The van der Waals surface area contributed by atoms with E-state index in [0.717, 1.165) is 11.1 Å². The summed E-state index contributed by atoms with van der Waals surface area (Å²) in [5.41, 5.74) is 8.14. The fourth-order valence-corrected chi connectivity index (χ4v) is 1.93. The van der Waals surface area contributed by atoms with Crippen molar-refractivity contribution in [1.82, 2.24) is 0 Å². The Morgan fingerprint density at radius 3 is 2.67 bits per heavy atom. The molecule has 0 saturated heterocycles. The quantitative estimate of drug-likeness (QED) is 0.840. The molecule has 0 aliphatic heterocycles. The van der Waals surface area contributed by atoms with Gasteiger partial charge < -0.3 is 10.8 Å². The third-order valence-corrected chi connectivity index (χ3v) is 2.98. The molecule has 0 aromatic heterocycles. The molecular formula is C11H15ClFNO. The minimum Gasteiger partial charge on any atom is -0.396 e. The summed E-state index contributed by atoms with van der Waals surface area (Å²) in [6.45, 7) is 3.63. The highest BCUT2D eigenvalue weighted by Crippen LogP contribution is 2.31. The lowest BCUT2D eigenvalue weighted by molar-refractivity contribution is 0.276. The summed E-state index contributed by atoms with van der Waals surface area (Å²) in [6.07, 6.45) is 0.378. The molecule has 0 aliphatic rings. The number of hydrogen-bond donors (Lipinski definition) is 2. The van der Waals surface area contributed by atoms with Gasteiger partial charge in [0.1, 0.15) is 5.82 Å². The van der Waals surface area contributed by atoms with Crippen molar-refractivity contribution in [2.75, 3.05) is 6.61 Å². The van der Waals surface area contributed by atoms with Crippen molar-refractivity contribution < 1.29 is 9.50 Å². The van der Waals surface area contributed by atoms with E-state index >= 15 is 0 Å². The van der Waals surface area contributed by atoms with Crippen molar-refractivity contribution in [3.05, 3.63) is 33.6 Å². The number of benzene rings is 1. The maximum atomic E-state index is 13.4. The van der Waals surface area contributed by atoms with E-state index in [1.54, 1.807) is 0 Å². The van der Waals surface area contributed by atoms with Crippen LogP contribution in [-0.4, -0.2) is 11.7 Å². The smallest absolute Gasteiger partial charge is 0.142 e. The van der Waals surface area contributed by atoms with E-state index in [1.807, 2.05) is 13.8 Å². The third-order valence-electron chi connectivity index (χ3n) is 2.60. The van der Waals surface area contributed by atoms with Crippen LogP contribution in [0.3, 0.4) is 0 Å². The van der Waals surface area contributed by atoms with Gasteiger partial charge in [-0.05, 0) is 43.0 Å². The highest BCUT2D eigenvalue weighted by atomic mass is 35.5. The second-order valence-corrected chi connectivity index (χ2v) is 4.02. The number of hydrogen-bond acceptors (Lipinski definition) is 2. The minimum atomic E-state index is -0.455. The maximum absolute atomic E-state index is 13.4. The third kappa shape index (κ3) is 2.48. The summed E-state index contributed by atoms with van der Waals surface area (Å²) in [6, 6.07) is 0.976. The van der Waals surface area contributed by atoms with Crippen LogP contribution in [0.1, 0.15) is 29.2 Å². The molecule has 3 N–H and O–H groups in total. The Labute approximate surface area is 93.9 Å². The lowest BCUT2D eigenvalue weighted by atomic mass is 9.96. The van der Waals surface area contributed by atoms with Gasteiger partial charge in [-0.2, -0.15) is 0 Å². The van der Waals surface area contributed by atoms with Crippen LogP contribution < -0.4 is 5.73 Å². The molecule has 0 bridgehead atoms. The van der Waals surface area contributed by atoms with Crippen LogP contribution in [0, 0.1) is 19.7 Å². The molecule has 0 amide bonds. The SMILES string of the molecule is Cc1cc(F)c(Cl)c(C(N)CCO)c1C. The van der Waals surface area contributed by atoms with E-state index in [1.165, 1.54) is 6.07 Å². The second-order valence-electron chi connectivity index (χ2n) is 3.65. The highest BCUT2D eigenvalue weighted by molar-refractivity contribution is 6.31. The van der Waals surface area contributed by atoms with Crippen LogP contribution in [0.5, 0.6) is 0 Å². The largest absolute Gasteiger partial charge is 0.396 e. The molecule has 0 aliphatic carbocycles. The zero-order valence-corrected chi connectivity index (χ0v) is 9.61. The normalized spacial score (nSPS) is 12.9. The molecule has 0 spiro atoms. The van der Waals surface area contributed by atoms with E-state index in [0.29, 0.717) is 12.0 Å². The highest BCUT2D eigenvalue weighted by Gasteiger charge is 2.17. The van der Waals surface area contributed by atoms with Gasteiger partial charge in [0, 0.05) is 12.6 Å². The first-order chi connectivity index (χ1) is 6.99. The Hall–Kier alpha value is -0.640. The number of rotatable bonds is 3. The molecule has 84 valence electrons. The molecule has 0 fully saturated rings. The Morgan fingerprint density at radius 1 is 1.53 bits per heavy atom. The molecule has 4 heteroatoms. The average molecular weight is 232 g/mol. The minimum absolute atomic E-state index is 0.0352. The van der Waals surface area contributed by atoms with Gasteiger partial charge in [-0.15, -0.1) is 0 Å². The summed E-state index contributed by atoms with van der Waals surface area (Å²) >= 11 is 5.86. The van der Waals surface area contributed by atoms with Gasteiger partial charge >= 0.3 is 0 Å². The molecule has 15 heavy (non-hydrogen) atoms. The van der Waals surface area contributed by atoms with Crippen molar-refractivity contribution in [1.29, 1.82) is 0 Å². The van der Waals surface area contributed by atoms with Gasteiger partial charge in [0.05, 0.1) is 5.02 Å². The predicted octanol–water partition coefficient (Wildman–Crippen LogP) is 2.48. The van der Waals surface area contributed by atoms with Crippen molar-refractivity contribution in [3.63, 3.8) is 0 Å². The van der Waals surface area contributed by atoms with Crippen LogP contribution in [0.25, 0.3) is 0 Å². The Morgan fingerprint density at radius 2 is 2.13 bits per heavy atom. The lowest BCUT2D eigenvalue weighted by Crippen LogP contribution is -2.15. The fourth-order valence-electron chi connectivity index (χ4n) is 1.59. The first-order valence-corrected chi connectivity index (χ1v) is 5.18. The monoisotopic (exact) mass is 231 g/mol. The van der Waals surface area contributed by atoms with E-state index in [-0.39, 0.29) is 11.6 Å². The summed E-state index contributed by atoms with van der Waals surface area (Å²) in [5.74, 6) is -0.455. The fraction of sp³-hybridized carbons (Fsp3) is 0.455. The van der Waals surface area contributed by atoms with Gasteiger partial charge in [0.25, 0.3) is 0 Å². The summed E-state index contributed by atoms with van der Waals surface area (Å²) in [7, 11) is 0. The van der Waals surface area contributed by atoms with Crippen LogP contribution in [0.15, 0.2) is 6.07 Å². The summed E-state index contributed by atoms with van der Waals surface area (Å²) in [5, 5.41) is 8.87. The van der Waals surface area contributed by atoms with Crippen molar-refractivity contribution in [3.8, 4) is 0 Å². The standard InChI is InChI=1S/C11H15ClFNO/c1-6-5-8(13)11(12)10(7(6)2)9(14)3-4-15/h5,9,15H,3-4,14H2,1-2H3. The molecule has 2 nitrogen and oxygen atoms in total. The molecule has 0 heterocycles. The predicted molar refractivity (Wildman–Crippen MR) is 59.5 cm³/mol. The molecule has 1 rings (SSSR count).